The molecular weight excluding hydrogens is 238 g/mol. The number of halogens is 1. The molecule has 1 aliphatic heterocycles. The molecule has 17 heavy (non-hydrogen) atoms. The van der Waals surface area contributed by atoms with Crippen LogP contribution in [0.1, 0.15) is 13.8 Å². The van der Waals surface area contributed by atoms with Crippen LogP contribution >= 0.6 is 11.6 Å². The summed E-state index contributed by atoms with van der Waals surface area (Å²) in [5.74, 6) is 0.822. The lowest BCUT2D eigenvalue weighted by molar-refractivity contribution is -0.0411. The second-order valence-electron chi connectivity index (χ2n) is 4.96. The van der Waals surface area contributed by atoms with Crippen molar-refractivity contribution in [2.75, 3.05) is 19.8 Å². The van der Waals surface area contributed by atoms with Gasteiger partial charge >= 0.3 is 0 Å². The minimum absolute atomic E-state index is 0.0662. The lowest BCUT2D eigenvalue weighted by Crippen LogP contribution is -2.54. The normalized spacial score (nSPS) is 23.4. The van der Waals surface area contributed by atoms with Gasteiger partial charge in [-0.1, -0.05) is 11.6 Å². The van der Waals surface area contributed by atoms with Crippen LogP contribution in [-0.2, 0) is 4.74 Å². The second-order valence-corrected chi connectivity index (χ2v) is 5.40. The zero-order valence-electron chi connectivity index (χ0n) is 10.2. The monoisotopic (exact) mass is 255 g/mol. The summed E-state index contributed by atoms with van der Waals surface area (Å²) in [4.78, 5) is 0. The Morgan fingerprint density at radius 2 is 2.12 bits per heavy atom. The Hall–Kier alpha value is -0.770. The van der Waals surface area contributed by atoms with Crippen LogP contribution in [0.25, 0.3) is 0 Å². The molecular formula is C13H18ClNO2. The molecule has 0 aliphatic carbocycles. The fraction of sp³-hybridized carbons (Fsp3) is 0.538. The van der Waals surface area contributed by atoms with E-state index >= 15 is 0 Å². The van der Waals surface area contributed by atoms with Gasteiger partial charge in [0.25, 0.3) is 0 Å². The van der Waals surface area contributed by atoms with E-state index in [1.165, 1.54) is 0 Å². The minimum atomic E-state index is 0.0662. The molecule has 1 aromatic carbocycles. The predicted octanol–water partition coefficient (Wildman–Crippen LogP) is 2.49. The van der Waals surface area contributed by atoms with Crippen LogP contribution in [-0.4, -0.2) is 31.4 Å². The van der Waals surface area contributed by atoms with E-state index in [1.807, 2.05) is 24.3 Å². The molecule has 1 aromatic rings. The van der Waals surface area contributed by atoms with Crippen molar-refractivity contribution in [3.63, 3.8) is 0 Å². The van der Waals surface area contributed by atoms with Crippen LogP contribution in [0.4, 0.5) is 0 Å². The predicted molar refractivity (Wildman–Crippen MR) is 68.8 cm³/mol. The molecule has 3 nitrogen and oxygen atoms in total. The van der Waals surface area contributed by atoms with Crippen molar-refractivity contribution in [1.29, 1.82) is 0 Å². The maximum Gasteiger partial charge on any atom is 0.119 e. The summed E-state index contributed by atoms with van der Waals surface area (Å²) < 4.78 is 11.4. The first kappa shape index (κ1) is 12.7. The quantitative estimate of drug-likeness (QED) is 0.900. The Balaban J connectivity index is 1.78. The van der Waals surface area contributed by atoms with Gasteiger partial charge in [0.05, 0.1) is 6.61 Å². The highest BCUT2D eigenvalue weighted by atomic mass is 35.5. The Kier molecular flexibility index (Phi) is 3.92. The number of rotatable bonds is 3. The molecule has 1 saturated heterocycles. The molecule has 4 heteroatoms. The summed E-state index contributed by atoms with van der Waals surface area (Å²) >= 11 is 5.80. The first-order valence-electron chi connectivity index (χ1n) is 5.80. The third-order valence-electron chi connectivity index (χ3n) is 2.74. The number of hydrogen-bond donors (Lipinski definition) is 1. The van der Waals surface area contributed by atoms with Crippen LogP contribution in [0.3, 0.4) is 0 Å². The number of hydrogen-bond acceptors (Lipinski definition) is 3. The summed E-state index contributed by atoms with van der Waals surface area (Å²) in [6.45, 7) is 6.35. The van der Waals surface area contributed by atoms with Crippen molar-refractivity contribution >= 4 is 11.6 Å². The Labute approximate surface area is 107 Å². The molecule has 0 radical (unpaired) electrons. The maximum atomic E-state index is 5.80. The van der Waals surface area contributed by atoms with E-state index in [2.05, 4.69) is 19.2 Å². The molecule has 1 N–H and O–H groups in total. The number of morpholine rings is 1. The molecule has 0 bridgehead atoms. The Morgan fingerprint density at radius 1 is 1.41 bits per heavy atom. The molecule has 1 unspecified atom stereocenters. The van der Waals surface area contributed by atoms with Gasteiger partial charge in [0.15, 0.2) is 0 Å². The highest BCUT2D eigenvalue weighted by Gasteiger charge is 2.26. The van der Waals surface area contributed by atoms with Crippen LogP contribution < -0.4 is 10.1 Å². The van der Waals surface area contributed by atoms with Gasteiger partial charge in [0.2, 0.25) is 0 Å². The van der Waals surface area contributed by atoms with Crippen molar-refractivity contribution < 1.29 is 9.47 Å². The van der Waals surface area contributed by atoms with Gasteiger partial charge in [-0.25, -0.2) is 0 Å². The smallest absolute Gasteiger partial charge is 0.119 e. The Bertz CT molecular complexity index is 354. The van der Waals surface area contributed by atoms with Crippen LogP contribution in [0, 0.1) is 0 Å². The molecule has 0 amide bonds. The third-order valence-corrected chi connectivity index (χ3v) is 2.99. The van der Waals surface area contributed by atoms with Crippen LogP contribution in [0.5, 0.6) is 5.75 Å². The van der Waals surface area contributed by atoms with Gasteiger partial charge in [-0.05, 0) is 38.1 Å². The molecule has 94 valence electrons. The highest BCUT2D eigenvalue weighted by molar-refractivity contribution is 6.30. The summed E-state index contributed by atoms with van der Waals surface area (Å²) in [5, 5.41) is 4.15. The number of benzene rings is 1. The SMILES string of the molecule is CC1(C)COC(COc2ccc(Cl)cc2)CN1. The van der Waals surface area contributed by atoms with Crippen molar-refractivity contribution in [2.24, 2.45) is 0 Å². The standard InChI is InChI=1S/C13H18ClNO2/c1-13(2)9-17-12(7-15-13)8-16-11-5-3-10(14)4-6-11/h3-6,12,15H,7-9H2,1-2H3. The minimum Gasteiger partial charge on any atom is -0.491 e. The maximum absolute atomic E-state index is 5.80. The van der Waals surface area contributed by atoms with Gasteiger partial charge in [0, 0.05) is 17.1 Å². The topological polar surface area (TPSA) is 30.5 Å². The lowest BCUT2D eigenvalue weighted by atomic mass is 10.1. The van der Waals surface area contributed by atoms with Gasteiger partial charge < -0.3 is 14.8 Å². The number of ether oxygens (including phenoxy) is 2. The van der Waals surface area contributed by atoms with Crippen molar-refractivity contribution in [3.8, 4) is 5.75 Å². The van der Waals surface area contributed by atoms with E-state index in [4.69, 9.17) is 21.1 Å². The van der Waals surface area contributed by atoms with Gasteiger partial charge in [0.1, 0.15) is 18.5 Å². The molecule has 1 heterocycles. The van der Waals surface area contributed by atoms with Crippen molar-refractivity contribution in [2.45, 2.75) is 25.5 Å². The summed E-state index contributed by atoms with van der Waals surface area (Å²) in [5.41, 5.74) is 0.0662. The van der Waals surface area contributed by atoms with Gasteiger partial charge in [-0.2, -0.15) is 0 Å². The van der Waals surface area contributed by atoms with Crippen LogP contribution in [0.2, 0.25) is 5.02 Å². The van der Waals surface area contributed by atoms with Crippen molar-refractivity contribution in [1.82, 2.24) is 5.32 Å². The summed E-state index contributed by atoms with van der Waals surface area (Å²) in [7, 11) is 0. The van der Waals surface area contributed by atoms with E-state index in [9.17, 15) is 0 Å². The largest absolute Gasteiger partial charge is 0.491 e. The van der Waals surface area contributed by atoms with E-state index in [-0.39, 0.29) is 11.6 Å². The molecule has 0 spiro atoms. The first-order chi connectivity index (χ1) is 8.05. The highest BCUT2D eigenvalue weighted by Crippen LogP contribution is 2.17. The number of nitrogens with one attached hydrogen (secondary N) is 1. The molecule has 1 fully saturated rings. The van der Waals surface area contributed by atoms with Crippen LogP contribution in [0.15, 0.2) is 24.3 Å². The molecule has 2 rings (SSSR count). The van der Waals surface area contributed by atoms with E-state index < -0.39 is 0 Å². The first-order valence-corrected chi connectivity index (χ1v) is 6.18. The van der Waals surface area contributed by atoms with E-state index in [1.54, 1.807) is 0 Å². The summed E-state index contributed by atoms with van der Waals surface area (Å²) in [6, 6.07) is 7.37. The molecule has 1 aliphatic rings. The third kappa shape index (κ3) is 3.87. The van der Waals surface area contributed by atoms with Gasteiger partial charge in [-0.3, -0.25) is 0 Å². The molecule has 0 aromatic heterocycles. The average molecular weight is 256 g/mol. The fourth-order valence-electron chi connectivity index (χ4n) is 1.65. The Morgan fingerprint density at radius 3 is 2.71 bits per heavy atom. The van der Waals surface area contributed by atoms with E-state index in [0.717, 1.165) is 17.3 Å². The summed E-state index contributed by atoms with van der Waals surface area (Å²) in [6.07, 6.45) is 0.110. The molecule has 0 saturated carbocycles. The van der Waals surface area contributed by atoms with Gasteiger partial charge in [-0.15, -0.1) is 0 Å². The lowest BCUT2D eigenvalue weighted by Gasteiger charge is -2.35. The average Bonchev–Trinajstić information content (AvgIpc) is 2.30. The zero-order valence-corrected chi connectivity index (χ0v) is 11.0. The fourth-order valence-corrected chi connectivity index (χ4v) is 1.78. The van der Waals surface area contributed by atoms with E-state index in [0.29, 0.717) is 13.2 Å². The second kappa shape index (κ2) is 5.25. The van der Waals surface area contributed by atoms with Crippen molar-refractivity contribution in [3.05, 3.63) is 29.3 Å². The zero-order chi connectivity index (χ0) is 12.3. The molecule has 1 atom stereocenters.